The molecule has 3 N–H and O–H groups in total. The minimum absolute atomic E-state index is 0.110. The van der Waals surface area contributed by atoms with Crippen molar-refractivity contribution in [3.8, 4) is 11.1 Å². The number of aromatic nitrogens is 4. The minimum atomic E-state index is -0.831. The number of rotatable bonds is 4. The van der Waals surface area contributed by atoms with Gasteiger partial charge in [0.25, 0.3) is 0 Å². The van der Waals surface area contributed by atoms with Gasteiger partial charge in [-0.2, -0.15) is 4.98 Å². The number of carbonyl (C=O) groups excluding carboxylic acids is 1. The summed E-state index contributed by atoms with van der Waals surface area (Å²) in [5, 5.41) is 16.2. The summed E-state index contributed by atoms with van der Waals surface area (Å²) in [7, 11) is 0. The Labute approximate surface area is 164 Å². The summed E-state index contributed by atoms with van der Waals surface area (Å²) in [6.07, 6.45) is 4.74. The van der Waals surface area contributed by atoms with Gasteiger partial charge in [-0.25, -0.2) is 9.78 Å². The topological polar surface area (TPSA) is 122 Å². The van der Waals surface area contributed by atoms with Crippen LogP contribution in [0.5, 0.6) is 0 Å². The van der Waals surface area contributed by atoms with E-state index in [0.717, 1.165) is 11.1 Å². The van der Waals surface area contributed by atoms with Gasteiger partial charge < -0.3 is 15.8 Å². The van der Waals surface area contributed by atoms with Crippen LogP contribution < -0.4 is 16.3 Å². The number of pyridine rings is 2. The maximum absolute atomic E-state index is 11.9. The number of anilines is 3. The monoisotopic (exact) mass is 388 g/mol. The summed E-state index contributed by atoms with van der Waals surface area (Å²) >= 11 is 0. The van der Waals surface area contributed by atoms with E-state index in [4.69, 9.17) is 0 Å². The molecule has 1 aromatic carbocycles. The number of hydrogen-bond donors (Lipinski definition) is 3. The van der Waals surface area contributed by atoms with Gasteiger partial charge in [0.05, 0.1) is 17.3 Å². The normalized spacial score (nSPS) is 10.7. The highest BCUT2D eigenvalue weighted by molar-refractivity contribution is 5.90. The molecule has 29 heavy (non-hydrogen) atoms. The fourth-order valence-corrected chi connectivity index (χ4v) is 2.92. The lowest BCUT2D eigenvalue weighted by Crippen LogP contribution is -2.23. The van der Waals surface area contributed by atoms with Crippen molar-refractivity contribution in [1.29, 1.82) is 0 Å². The predicted molar refractivity (Wildman–Crippen MR) is 108 cm³/mol. The van der Waals surface area contributed by atoms with E-state index in [9.17, 15) is 14.8 Å². The van der Waals surface area contributed by atoms with Crippen LogP contribution in [0.25, 0.3) is 22.2 Å². The lowest BCUT2D eigenvalue weighted by Gasteiger charge is -2.11. The third-order valence-corrected chi connectivity index (χ3v) is 4.15. The molecule has 0 saturated heterocycles. The Balaban J connectivity index is 1.71. The number of nitrogens with zero attached hydrogens (tertiary/aromatic N) is 4. The molecule has 0 atom stereocenters. The highest BCUT2D eigenvalue weighted by atomic mass is 16.5. The lowest BCUT2D eigenvalue weighted by atomic mass is 10.1. The van der Waals surface area contributed by atoms with E-state index in [2.05, 4.69) is 25.6 Å². The van der Waals surface area contributed by atoms with E-state index in [1.807, 2.05) is 30.3 Å². The Morgan fingerprint density at radius 2 is 1.90 bits per heavy atom. The average Bonchev–Trinajstić information content (AvgIpc) is 2.72. The predicted octanol–water partition coefficient (Wildman–Crippen LogP) is 2.79. The summed E-state index contributed by atoms with van der Waals surface area (Å²) in [6, 6.07) is 12.6. The molecule has 0 aliphatic carbocycles. The molecule has 0 aliphatic rings. The molecule has 4 aromatic rings. The smallest absolute Gasteiger partial charge is 0.384 e. The Bertz CT molecular complexity index is 1280. The number of benzene rings is 1. The van der Waals surface area contributed by atoms with Crippen molar-refractivity contribution in [2.75, 3.05) is 10.6 Å². The van der Waals surface area contributed by atoms with Gasteiger partial charge in [-0.15, -0.1) is 4.73 Å². The van der Waals surface area contributed by atoms with Crippen molar-refractivity contribution in [1.82, 2.24) is 19.7 Å². The van der Waals surface area contributed by atoms with Gasteiger partial charge in [0.1, 0.15) is 5.82 Å². The number of hydrogen-bond acceptors (Lipinski definition) is 7. The van der Waals surface area contributed by atoms with E-state index < -0.39 is 5.69 Å². The van der Waals surface area contributed by atoms with Crippen LogP contribution in [0.2, 0.25) is 0 Å². The van der Waals surface area contributed by atoms with Crippen LogP contribution in [0.4, 0.5) is 17.2 Å². The third kappa shape index (κ3) is 3.74. The SMILES string of the molecule is CC(=O)Nc1cncc(-c2cccc(Nc3nc(=O)n(O)c4ncccc34)c2)c1. The van der Waals surface area contributed by atoms with E-state index in [1.165, 1.54) is 13.1 Å². The second-order valence-corrected chi connectivity index (χ2v) is 6.28. The van der Waals surface area contributed by atoms with Crippen molar-refractivity contribution in [3.05, 3.63) is 71.5 Å². The molecule has 9 nitrogen and oxygen atoms in total. The fourth-order valence-electron chi connectivity index (χ4n) is 2.92. The highest BCUT2D eigenvalue weighted by Crippen LogP contribution is 2.27. The van der Waals surface area contributed by atoms with E-state index in [1.54, 1.807) is 24.5 Å². The maximum Gasteiger partial charge on any atom is 0.384 e. The standard InChI is InChI=1S/C20H16N6O3/c1-12(27)23-16-9-14(10-21-11-16)13-4-2-5-15(8-13)24-18-17-6-3-7-22-19(17)26(29)20(28)25-18/h2-11,29H,1H3,(H,23,27)(H,24,25,28). The second-order valence-electron chi connectivity index (χ2n) is 6.28. The van der Waals surface area contributed by atoms with Gasteiger partial charge in [0.15, 0.2) is 5.65 Å². The summed E-state index contributed by atoms with van der Waals surface area (Å²) in [5.74, 6) is 0.107. The van der Waals surface area contributed by atoms with Crippen molar-refractivity contribution in [3.63, 3.8) is 0 Å². The Morgan fingerprint density at radius 1 is 1.07 bits per heavy atom. The first kappa shape index (κ1) is 18.1. The summed E-state index contributed by atoms with van der Waals surface area (Å²) in [4.78, 5) is 35.3. The molecule has 0 spiro atoms. The first-order chi connectivity index (χ1) is 14.0. The minimum Gasteiger partial charge on any atom is -0.422 e. The van der Waals surface area contributed by atoms with Gasteiger partial charge in [0, 0.05) is 30.6 Å². The van der Waals surface area contributed by atoms with Crippen LogP contribution in [0.3, 0.4) is 0 Å². The highest BCUT2D eigenvalue weighted by Gasteiger charge is 2.11. The summed E-state index contributed by atoms with van der Waals surface area (Å²) in [5.41, 5.74) is 2.22. The number of carbonyl (C=O) groups is 1. The molecule has 0 unspecified atom stereocenters. The first-order valence-electron chi connectivity index (χ1n) is 8.68. The number of fused-ring (bicyclic) bond motifs is 1. The van der Waals surface area contributed by atoms with Crippen LogP contribution >= 0.6 is 0 Å². The maximum atomic E-state index is 11.9. The molecular weight excluding hydrogens is 372 g/mol. The zero-order valence-corrected chi connectivity index (χ0v) is 15.3. The quantitative estimate of drug-likeness (QED) is 0.460. The van der Waals surface area contributed by atoms with Crippen LogP contribution in [0.15, 0.2) is 65.8 Å². The van der Waals surface area contributed by atoms with Crippen molar-refractivity contribution < 1.29 is 10.0 Å². The molecule has 4 rings (SSSR count). The molecule has 0 bridgehead atoms. The van der Waals surface area contributed by atoms with Gasteiger partial charge in [-0.05, 0) is 35.9 Å². The zero-order chi connectivity index (χ0) is 20.4. The average molecular weight is 388 g/mol. The van der Waals surface area contributed by atoms with Gasteiger partial charge >= 0.3 is 5.69 Å². The molecule has 0 radical (unpaired) electrons. The molecule has 3 heterocycles. The van der Waals surface area contributed by atoms with E-state index in [-0.39, 0.29) is 17.4 Å². The zero-order valence-electron chi connectivity index (χ0n) is 15.3. The van der Waals surface area contributed by atoms with Crippen LogP contribution in [-0.2, 0) is 4.79 Å². The van der Waals surface area contributed by atoms with E-state index in [0.29, 0.717) is 21.5 Å². The van der Waals surface area contributed by atoms with Gasteiger partial charge in [0.2, 0.25) is 5.91 Å². The number of amides is 1. The largest absolute Gasteiger partial charge is 0.422 e. The Morgan fingerprint density at radius 3 is 2.72 bits per heavy atom. The second kappa shape index (κ2) is 7.39. The summed E-state index contributed by atoms with van der Waals surface area (Å²) in [6.45, 7) is 1.43. The molecule has 0 fully saturated rings. The lowest BCUT2D eigenvalue weighted by molar-refractivity contribution is -0.114. The molecule has 3 aromatic heterocycles. The van der Waals surface area contributed by atoms with Crippen LogP contribution in [0.1, 0.15) is 6.92 Å². The Hall–Kier alpha value is -4.27. The first-order valence-corrected chi connectivity index (χ1v) is 8.68. The number of nitrogens with one attached hydrogen (secondary N) is 2. The molecule has 0 aliphatic heterocycles. The molecule has 1 amide bonds. The summed E-state index contributed by atoms with van der Waals surface area (Å²) < 4.78 is 0.413. The third-order valence-electron chi connectivity index (χ3n) is 4.15. The van der Waals surface area contributed by atoms with Gasteiger partial charge in [-0.1, -0.05) is 12.1 Å². The van der Waals surface area contributed by atoms with Crippen LogP contribution in [0, 0.1) is 0 Å². The molecular formula is C20H16N6O3. The Kier molecular flexibility index (Phi) is 4.62. The van der Waals surface area contributed by atoms with Crippen molar-refractivity contribution in [2.45, 2.75) is 6.92 Å². The molecule has 144 valence electrons. The van der Waals surface area contributed by atoms with E-state index >= 15 is 0 Å². The molecule has 9 heteroatoms. The van der Waals surface area contributed by atoms with Gasteiger partial charge in [-0.3, -0.25) is 9.78 Å². The van der Waals surface area contributed by atoms with Crippen molar-refractivity contribution in [2.24, 2.45) is 0 Å². The van der Waals surface area contributed by atoms with Crippen molar-refractivity contribution >= 4 is 34.1 Å². The van der Waals surface area contributed by atoms with Crippen LogP contribution in [-0.4, -0.2) is 30.8 Å². The fraction of sp³-hybridized carbons (Fsp3) is 0.0500. The molecule has 0 saturated carbocycles.